The number of allylic oxidation sites excluding steroid dienone is 6. The molecule has 2 atom stereocenters. The predicted octanol–water partition coefficient (Wildman–Crippen LogP) is 5.40. The van der Waals surface area contributed by atoms with Gasteiger partial charge in [-0.2, -0.15) is 9.13 Å². The van der Waals surface area contributed by atoms with Crippen molar-refractivity contribution in [2.24, 2.45) is 0 Å². The zero-order valence-electron chi connectivity index (χ0n) is 40.9. The second kappa shape index (κ2) is 25.9. The summed E-state index contributed by atoms with van der Waals surface area (Å²) in [6.45, 7) is 14.6. The summed E-state index contributed by atoms with van der Waals surface area (Å²) in [7, 11) is -7.89. The van der Waals surface area contributed by atoms with Crippen LogP contribution in [0.3, 0.4) is 0 Å². The Hall–Kier alpha value is -6.35. The average Bonchev–Trinajstić information content (AvgIpc) is 3.73. The van der Waals surface area contributed by atoms with Crippen molar-refractivity contribution >= 4 is 36.8 Å². The van der Waals surface area contributed by atoms with Crippen molar-refractivity contribution in [1.82, 2.24) is 4.90 Å². The van der Waals surface area contributed by atoms with Gasteiger partial charge >= 0.3 is 0 Å². The van der Waals surface area contributed by atoms with Gasteiger partial charge in [0.25, 0.3) is 0 Å². The highest BCUT2D eigenvalue weighted by Crippen LogP contribution is 2.39. The smallest absolute Gasteiger partial charge is 0.211 e. The molecule has 4 heterocycles. The summed E-state index contributed by atoms with van der Waals surface area (Å²) < 4.78 is 56.2. The van der Waals surface area contributed by atoms with Crippen molar-refractivity contribution in [2.75, 3.05) is 19.6 Å². The monoisotopic (exact) mass is 1130 g/mol. The first kappa shape index (κ1) is 56.6. The molecule has 5 aromatic carbocycles. The maximum atomic E-state index is 12.9. The van der Waals surface area contributed by atoms with Crippen molar-refractivity contribution in [3.05, 3.63) is 251 Å². The van der Waals surface area contributed by atoms with E-state index in [1.807, 2.05) is 0 Å². The number of sulfone groups is 2. The Labute approximate surface area is 446 Å². The van der Waals surface area contributed by atoms with Gasteiger partial charge in [-0.1, -0.05) is 148 Å². The highest BCUT2D eigenvalue weighted by Gasteiger charge is 2.38. The first-order valence-electron chi connectivity index (χ1n) is 23.5. The molecule has 9 nitrogen and oxygen atoms in total. The Bertz CT molecular complexity index is 3200. The largest absolute Gasteiger partial charge is 1.00 e. The average molecular weight is 1130 g/mol. The van der Waals surface area contributed by atoms with E-state index >= 15 is 0 Å². The third kappa shape index (κ3) is 12.8. The number of carbonyl (C=O) groups excluding carboxylic acids is 1. The lowest BCUT2D eigenvalue weighted by Gasteiger charge is -2.13. The van der Waals surface area contributed by atoms with Gasteiger partial charge in [0.15, 0.2) is 36.9 Å². The minimum atomic E-state index is -3.97. The predicted molar refractivity (Wildman–Crippen MR) is 279 cm³/mol. The number of ketones is 1. The number of rotatable bonds is 12. The molecule has 0 saturated heterocycles. The molecule has 7 aromatic rings. The van der Waals surface area contributed by atoms with Crippen LogP contribution in [-0.4, -0.2) is 52.3 Å². The molecule has 0 radical (unpaired) electrons. The number of halogens is 2. The van der Waals surface area contributed by atoms with Gasteiger partial charge in [-0.15, -0.1) is 0 Å². The van der Waals surface area contributed by atoms with E-state index < -0.39 is 25.5 Å². The van der Waals surface area contributed by atoms with Gasteiger partial charge in [-0.25, -0.2) is 16.8 Å². The van der Waals surface area contributed by atoms with Gasteiger partial charge in [-0.05, 0) is 78.3 Å². The van der Waals surface area contributed by atoms with Crippen molar-refractivity contribution in [1.29, 1.82) is 0 Å². The van der Waals surface area contributed by atoms with Crippen molar-refractivity contribution in [3.63, 3.8) is 0 Å². The summed E-state index contributed by atoms with van der Waals surface area (Å²) >= 11 is 0. The fraction of sp³-hybridized carbons (Fsp3) is 0.169. The van der Waals surface area contributed by atoms with E-state index in [1.165, 1.54) is 90.5 Å². The van der Waals surface area contributed by atoms with Gasteiger partial charge in [0.1, 0.15) is 15.6 Å². The lowest BCUT2D eigenvalue weighted by atomic mass is 10.0. The molecule has 2 aliphatic heterocycles. The number of aliphatic hydroxyl groups is 1. The number of pyridine rings is 2. The van der Waals surface area contributed by atoms with Crippen LogP contribution in [0.5, 0.6) is 0 Å². The number of hydrogen-bond acceptors (Lipinski definition) is 7. The van der Waals surface area contributed by atoms with Crippen LogP contribution in [0.25, 0.3) is 22.5 Å². The molecule has 9 rings (SSSR count). The molecule has 0 saturated carbocycles. The summed E-state index contributed by atoms with van der Waals surface area (Å²) in [5, 5.41) is 10.6. The third-order valence-corrected chi connectivity index (χ3v) is 16.3. The number of nitrogens with zero attached hydrogens (tertiary/aromatic N) is 3. The molecule has 0 amide bonds. The SMILES string of the molecule is CC(c1ccccc1)[n+]1ccc(-c2cc[n+](C(C)c3ccccc3)cc2)cc1.CCN(CC)CC.O=C1C(=CC=C(C=CC2=C(O)c3ccccc3S2(=O)=O)c2ccccc2)S(=O)(=O)c2ccccc21.[Br-].[Br-]. The molecular weight excluding hydrogens is 1070 g/mol. The van der Waals surface area contributed by atoms with E-state index in [0.717, 1.165) is 0 Å². The lowest BCUT2D eigenvalue weighted by Crippen LogP contribution is -3.00. The molecule has 13 heteroatoms. The molecule has 2 unspecified atom stereocenters. The molecule has 2 aromatic heterocycles. The van der Waals surface area contributed by atoms with Crippen LogP contribution in [0, 0.1) is 0 Å². The summed E-state index contributed by atoms with van der Waals surface area (Å²) in [5.74, 6) is -0.950. The normalized spacial score (nSPS) is 15.5. The molecule has 0 aliphatic carbocycles. The number of aromatic nitrogens is 2. The molecule has 0 spiro atoms. The minimum absolute atomic E-state index is 0. The van der Waals surface area contributed by atoms with Gasteiger partial charge < -0.3 is 44.0 Å². The number of carbonyl (C=O) groups is 1. The van der Waals surface area contributed by atoms with Crippen LogP contribution in [-0.2, 0) is 19.7 Å². The first-order valence-corrected chi connectivity index (χ1v) is 26.4. The summed E-state index contributed by atoms with van der Waals surface area (Å²) in [5.41, 5.74) is 6.55. The Morgan fingerprint density at radius 2 is 0.958 bits per heavy atom. The van der Waals surface area contributed by atoms with Gasteiger partial charge in [0.2, 0.25) is 25.5 Å². The standard InChI is InChI=1S/C27H18O6S2.C26H26N2.C6H15N.2BrH/c28-26-20-10-4-6-12-22(20)34(30,31)24(26)16-14-19(18-8-2-1-3-9-18)15-17-25-27(29)21-11-5-7-13-23(21)35(25,32)33;1-21(23-9-5-3-6-10-23)27-17-13-25(14-18-27)26-15-19-28(20-16-26)22(2)24-11-7-4-8-12-24;1-4-7(5-2)6-3;;/h1-17,28H;3-22H,1-2H3;4-6H2,1-3H3;2*1H/q;+2;;;/p-2. The van der Waals surface area contributed by atoms with Crippen LogP contribution >= 0.6 is 0 Å². The zero-order chi connectivity index (χ0) is 49.8. The Kier molecular flexibility index (Phi) is 20.3. The van der Waals surface area contributed by atoms with Crippen molar-refractivity contribution in [3.8, 4) is 11.1 Å². The van der Waals surface area contributed by atoms with E-state index in [2.05, 4.69) is 158 Å². The van der Waals surface area contributed by atoms with E-state index in [0.29, 0.717) is 23.2 Å². The van der Waals surface area contributed by atoms with Gasteiger partial charge in [-0.3, -0.25) is 4.79 Å². The van der Waals surface area contributed by atoms with E-state index in [9.17, 15) is 26.7 Å². The Morgan fingerprint density at radius 1 is 0.556 bits per heavy atom. The fourth-order valence-corrected chi connectivity index (χ4v) is 11.4. The van der Waals surface area contributed by atoms with Crippen molar-refractivity contribution < 1.29 is 69.8 Å². The first-order chi connectivity index (χ1) is 33.8. The molecule has 2 aliphatic rings. The summed E-state index contributed by atoms with van der Waals surface area (Å²) in [6.07, 6.45) is 14.1. The third-order valence-electron chi connectivity index (χ3n) is 12.7. The number of aliphatic hydroxyl groups excluding tert-OH is 1. The highest BCUT2D eigenvalue weighted by molar-refractivity contribution is 7.97. The second-order valence-corrected chi connectivity index (χ2v) is 20.5. The number of benzene rings is 5. The van der Waals surface area contributed by atoms with Crippen LogP contribution in [0.15, 0.2) is 232 Å². The molecular formula is C59H59Br2N3O6S2. The molecule has 0 bridgehead atoms. The Morgan fingerprint density at radius 3 is 1.38 bits per heavy atom. The van der Waals surface area contributed by atoms with Crippen molar-refractivity contribution in [2.45, 2.75) is 56.5 Å². The van der Waals surface area contributed by atoms with E-state index in [1.54, 1.807) is 54.6 Å². The van der Waals surface area contributed by atoms with Crippen LogP contribution in [0.4, 0.5) is 0 Å². The van der Waals surface area contributed by atoms with Crippen LogP contribution in [0.2, 0.25) is 0 Å². The number of fused-ring (bicyclic) bond motifs is 2. The fourth-order valence-electron chi connectivity index (χ4n) is 8.34. The summed E-state index contributed by atoms with van der Waals surface area (Å²) in [4.78, 5) is 14.5. The molecule has 372 valence electrons. The molecule has 72 heavy (non-hydrogen) atoms. The molecule has 0 fully saturated rings. The minimum Gasteiger partial charge on any atom is -1.00 e. The van der Waals surface area contributed by atoms with E-state index in [4.69, 9.17) is 0 Å². The van der Waals surface area contributed by atoms with Gasteiger partial charge in [0, 0.05) is 60.4 Å². The maximum Gasteiger partial charge on any atom is 0.211 e. The number of Topliss-reactive ketones (excluding diaryl/α,β-unsaturated/α-hetero) is 1. The molecule has 1 N–H and O–H groups in total. The maximum absolute atomic E-state index is 12.9. The lowest BCUT2D eigenvalue weighted by molar-refractivity contribution is -0.710. The highest BCUT2D eigenvalue weighted by atomic mass is 79.9. The quantitative estimate of drug-likeness (QED) is 0.0992. The Balaban J connectivity index is 0.000000234. The summed E-state index contributed by atoms with van der Waals surface area (Å²) in [6, 6.07) is 51.7. The van der Waals surface area contributed by atoms with Crippen LogP contribution in [0.1, 0.15) is 79.3 Å². The topological polar surface area (TPSA) is 117 Å². The zero-order valence-corrected chi connectivity index (χ0v) is 45.7. The second-order valence-electron chi connectivity index (χ2n) is 16.8. The van der Waals surface area contributed by atoms with Gasteiger partial charge in [0.05, 0.1) is 9.79 Å². The van der Waals surface area contributed by atoms with E-state index in [-0.39, 0.29) is 70.5 Å². The van der Waals surface area contributed by atoms with Crippen LogP contribution < -0.4 is 43.1 Å². The number of hydrogen-bond donors (Lipinski definition) is 1.